The zero-order valence-electron chi connectivity index (χ0n) is 15.3. The summed E-state index contributed by atoms with van der Waals surface area (Å²) < 4.78 is 8.08. The Morgan fingerprint density at radius 2 is 1.92 bits per heavy atom. The second-order valence-corrected chi connectivity index (χ2v) is 7.88. The van der Waals surface area contributed by atoms with Crippen molar-refractivity contribution in [2.24, 2.45) is 0 Å². The van der Waals surface area contributed by atoms with E-state index in [1.807, 2.05) is 31.2 Å². The highest BCUT2D eigenvalue weighted by Gasteiger charge is 2.28. The molecule has 3 nitrogen and oxygen atoms in total. The van der Waals surface area contributed by atoms with Gasteiger partial charge in [-0.2, -0.15) is 0 Å². The Hall–Kier alpha value is -2.03. The van der Waals surface area contributed by atoms with Crippen molar-refractivity contribution in [3.8, 4) is 5.75 Å². The van der Waals surface area contributed by atoms with Crippen LogP contribution in [0.1, 0.15) is 67.0 Å². The van der Waals surface area contributed by atoms with Gasteiger partial charge in [-0.15, -0.1) is 0 Å². The summed E-state index contributed by atoms with van der Waals surface area (Å²) in [5, 5.41) is 0. The highest BCUT2D eigenvalue weighted by Crippen LogP contribution is 2.38. The fourth-order valence-corrected chi connectivity index (χ4v) is 3.23. The molecule has 0 bridgehead atoms. The number of benzene rings is 1. The van der Waals surface area contributed by atoms with Crippen molar-refractivity contribution in [2.45, 2.75) is 58.9 Å². The van der Waals surface area contributed by atoms with Gasteiger partial charge >= 0.3 is 0 Å². The molecule has 1 heterocycles. The first-order valence-electron chi connectivity index (χ1n) is 8.72. The summed E-state index contributed by atoms with van der Waals surface area (Å²) in [5.74, 6) is 0.808. The fourth-order valence-electron chi connectivity index (χ4n) is 3.23. The number of aryl methyl sites for hydroxylation is 1. The largest absolute Gasteiger partial charge is 0.485 e. The number of aromatic nitrogens is 1. The summed E-state index contributed by atoms with van der Waals surface area (Å²) in [6.45, 7) is 10.7. The number of nitrogens with zero attached hydrogens (tertiary/aromatic N) is 1. The molecular formula is C21H27NO2. The fraction of sp³-hybridized carbons (Fsp3) is 0.476. The van der Waals surface area contributed by atoms with Crippen LogP contribution in [0.4, 0.5) is 0 Å². The Balaban J connectivity index is 1.71. The van der Waals surface area contributed by atoms with Crippen LogP contribution in [-0.4, -0.2) is 17.0 Å². The number of hydrogen-bond acceptors (Lipinski definition) is 2. The second-order valence-electron chi connectivity index (χ2n) is 7.88. The quantitative estimate of drug-likeness (QED) is 0.724. The second kappa shape index (κ2) is 6.12. The van der Waals surface area contributed by atoms with Gasteiger partial charge in [-0.1, -0.05) is 32.9 Å². The third-order valence-electron chi connectivity index (χ3n) is 4.77. The van der Waals surface area contributed by atoms with Crippen molar-refractivity contribution >= 4 is 5.78 Å². The molecule has 3 rings (SSSR count). The molecule has 1 aliphatic rings. The summed E-state index contributed by atoms with van der Waals surface area (Å²) in [5.41, 5.74) is 4.32. The monoisotopic (exact) mass is 325 g/mol. The van der Waals surface area contributed by atoms with E-state index in [0.29, 0.717) is 6.04 Å². The Bertz CT molecular complexity index is 761. The van der Waals surface area contributed by atoms with E-state index in [1.54, 1.807) is 0 Å². The third-order valence-corrected chi connectivity index (χ3v) is 4.77. The minimum absolute atomic E-state index is 0.0520. The number of carbonyl (C=O) groups is 1. The molecule has 24 heavy (non-hydrogen) atoms. The van der Waals surface area contributed by atoms with E-state index in [-0.39, 0.29) is 17.8 Å². The van der Waals surface area contributed by atoms with Crippen LogP contribution < -0.4 is 4.74 Å². The molecule has 1 aromatic heterocycles. The van der Waals surface area contributed by atoms with E-state index in [4.69, 9.17) is 4.74 Å². The molecule has 1 fully saturated rings. The van der Waals surface area contributed by atoms with Crippen LogP contribution in [0.25, 0.3) is 0 Å². The van der Waals surface area contributed by atoms with Gasteiger partial charge in [-0.05, 0) is 55.9 Å². The molecule has 0 atom stereocenters. The van der Waals surface area contributed by atoms with Crippen molar-refractivity contribution in [1.29, 1.82) is 0 Å². The molecule has 1 aromatic carbocycles. The van der Waals surface area contributed by atoms with E-state index >= 15 is 0 Å². The van der Waals surface area contributed by atoms with Gasteiger partial charge in [0.2, 0.25) is 5.78 Å². The third kappa shape index (κ3) is 3.40. The van der Waals surface area contributed by atoms with Crippen molar-refractivity contribution in [3.63, 3.8) is 0 Å². The van der Waals surface area contributed by atoms with Gasteiger partial charge in [0.25, 0.3) is 0 Å². The molecule has 0 N–H and O–H groups in total. The molecule has 0 unspecified atom stereocenters. The summed E-state index contributed by atoms with van der Waals surface area (Å²) in [4.78, 5) is 12.6. The van der Waals surface area contributed by atoms with E-state index < -0.39 is 0 Å². The normalized spacial score (nSPS) is 14.7. The Morgan fingerprint density at radius 1 is 1.21 bits per heavy atom. The van der Waals surface area contributed by atoms with Gasteiger partial charge in [0.05, 0.1) is 0 Å². The SMILES string of the molecule is Cc1cc(C(=O)COc2cccc(C(C)(C)C)c2)c(C)n1C1CC1. The van der Waals surface area contributed by atoms with Crippen LogP contribution in [0, 0.1) is 13.8 Å². The molecular weight excluding hydrogens is 298 g/mol. The molecule has 0 amide bonds. The predicted octanol–water partition coefficient (Wildman–Crippen LogP) is 5.00. The van der Waals surface area contributed by atoms with Crippen LogP contribution in [0.3, 0.4) is 0 Å². The molecule has 0 radical (unpaired) electrons. The number of ether oxygens (including phenoxy) is 1. The molecule has 0 saturated heterocycles. The first-order chi connectivity index (χ1) is 11.3. The summed E-state index contributed by atoms with van der Waals surface area (Å²) in [6.07, 6.45) is 2.44. The van der Waals surface area contributed by atoms with E-state index in [1.165, 1.54) is 24.1 Å². The first kappa shape index (κ1) is 16.8. The maximum atomic E-state index is 12.6. The molecule has 0 spiro atoms. The highest BCUT2D eigenvalue weighted by atomic mass is 16.5. The van der Waals surface area contributed by atoms with E-state index in [0.717, 1.165) is 17.0 Å². The van der Waals surface area contributed by atoms with Gasteiger partial charge in [0, 0.05) is 23.0 Å². The average Bonchev–Trinajstić information content (AvgIpc) is 3.30. The lowest BCUT2D eigenvalue weighted by Crippen LogP contribution is -2.14. The zero-order chi connectivity index (χ0) is 17.5. The first-order valence-corrected chi connectivity index (χ1v) is 8.72. The van der Waals surface area contributed by atoms with Crippen LogP contribution in [0.5, 0.6) is 5.75 Å². The Kier molecular flexibility index (Phi) is 4.29. The summed E-state index contributed by atoms with van der Waals surface area (Å²) in [7, 11) is 0. The van der Waals surface area contributed by atoms with E-state index in [9.17, 15) is 4.79 Å². The minimum atomic E-state index is 0.0520. The van der Waals surface area contributed by atoms with Gasteiger partial charge in [0.1, 0.15) is 5.75 Å². The molecule has 1 saturated carbocycles. The lowest BCUT2D eigenvalue weighted by atomic mass is 9.87. The van der Waals surface area contributed by atoms with Crippen molar-refractivity contribution in [2.75, 3.05) is 6.61 Å². The number of rotatable bonds is 5. The standard InChI is InChI=1S/C21H27NO2/c1-14-11-19(15(2)22(14)17-9-10-17)20(23)13-24-18-8-6-7-16(12-18)21(3,4)5/h6-8,11-12,17H,9-10,13H2,1-5H3. The number of carbonyl (C=O) groups excluding carboxylic acids is 1. The van der Waals surface area contributed by atoms with Crippen LogP contribution in [-0.2, 0) is 5.41 Å². The highest BCUT2D eigenvalue weighted by molar-refractivity contribution is 5.98. The number of Topliss-reactive ketones (excluding diaryl/α,β-unsaturated/α-hetero) is 1. The molecule has 1 aliphatic carbocycles. The minimum Gasteiger partial charge on any atom is -0.485 e. The van der Waals surface area contributed by atoms with Crippen molar-refractivity contribution in [1.82, 2.24) is 4.57 Å². The van der Waals surface area contributed by atoms with Gasteiger partial charge in [-0.3, -0.25) is 4.79 Å². The van der Waals surface area contributed by atoms with Gasteiger partial charge in [0.15, 0.2) is 6.61 Å². The number of ketones is 1. The summed E-state index contributed by atoms with van der Waals surface area (Å²) in [6, 6.07) is 10.6. The van der Waals surface area contributed by atoms with Crippen LogP contribution >= 0.6 is 0 Å². The predicted molar refractivity (Wildman–Crippen MR) is 97.1 cm³/mol. The van der Waals surface area contributed by atoms with Crippen molar-refractivity contribution < 1.29 is 9.53 Å². The Labute approximate surface area is 144 Å². The zero-order valence-corrected chi connectivity index (χ0v) is 15.3. The van der Waals surface area contributed by atoms with Gasteiger partial charge in [-0.25, -0.2) is 0 Å². The van der Waals surface area contributed by atoms with E-state index in [2.05, 4.69) is 38.3 Å². The number of hydrogen-bond donors (Lipinski definition) is 0. The molecule has 3 heteroatoms. The van der Waals surface area contributed by atoms with Crippen LogP contribution in [0.2, 0.25) is 0 Å². The molecule has 2 aromatic rings. The average molecular weight is 325 g/mol. The molecule has 0 aliphatic heterocycles. The maximum absolute atomic E-state index is 12.6. The summed E-state index contributed by atoms with van der Waals surface area (Å²) >= 11 is 0. The molecule has 128 valence electrons. The topological polar surface area (TPSA) is 31.2 Å². The van der Waals surface area contributed by atoms with Gasteiger partial charge < -0.3 is 9.30 Å². The Morgan fingerprint density at radius 3 is 2.54 bits per heavy atom. The maximum Gasteiger partial charge on any atom is 0.202 e. The lowest BCUT2D eigenvalue weighted by Gasteiger charge is -2.19. The smallest absolute Gasteiger partial charge is 0.202 e. The van der Waals surface area contributed by atoms with Crippen molar-refractivity contribution in [3.05, 3.63) is 52.8 Å². The van der Waals surface area contributed by atoms with Crippen LogP contribution in [0.15, 0.2) is 30.3 Å². The lowest BCUT2D eigenvalue weighted by molar-refractivity contribution is 0.0920.